The molecular weight excluding hydrogens is 558 g/mol. The number of benzene rings is 3. The number of fused-ring (bicyclic) bond motifs is 1. The molecule has 2 heterocycles. The Balaban J connectivity index is 1.29. The Hall–Kier alpha value is -4.28. The second kappa shape index (κ2) is 12.3. The summed E-state index contributed by atoms with van der Waals surface area (Å²) in [6.45, 7) is 7.36. The summed E-state index contributed by atoms with van der Waals surface area (Å²) < 4.78 is 16.6. The Labute approximate surface area is 249 Å². The van der Waals surface area contributed by atoms with Crippen molar-refractivity contribution in [3.8, 4) is 28.6 Å². The van der Waals surface area contributed by atoms with Crippen LogP contribution in [0.25, 0.3) is 22.3 Å². The smallest absolute Gasteiger partial charge is 0.262 e. The van der Waals surface area contributed by atoms with Gasteiger partial charge >= 0.3 is 0 Å². The average Bonchev–Trinajstić information content (AvgIpc) is 2.96. The molecule has 1 saturated heterocycles. The van der Waals surface area contributed by atoms with Crippen LogP contribution in [-0.4, -0.2) is 74.8 Å². The molecule has 1 aliphatic heterocycles. The number of nitrogens with zero attached hydrogens (tertiary/aromatic N) is 3. The number of halogens is 1. The van der Waals surface area contributed by atoms with Crippen LogP contribution >= 0.6 is 11.6 Å². The highest BCUT2D eigenvalue weighted by Gasteiger charge is 2.18. The monoisotopic (exact) mass is 591 g/mol. The highest BCUT2D eigenvalue weighted by Crippen LogP contribution is 2.32. The lowest BCUT2D eigenvalue weighted by Gasteiger charge is -2.34. The first-order valence-corrected chi connectivity index (χ1v) is 14.0. The minimum Gasteiger partial charge on any atom is -0.497 e. The molecule has 11 heteroatoms. The zero-order valence-electron chi connectivity index (χ0n) is 24.3. The van der Waals surface area contributed by atoms with Gasteiger partial charge in [-0.2, -0.15) is 0 Å². The molecule has 2 N–H and O–H groups in total. The van der Waals surface area contributed by atoms with Crippen LogP contribution in [-0.2, 0) is 4.79 Å². The topological polar surface area (TPSA) is 109 Å². The molecule has 0 saturated carbocycles. The van der Waals surface area contributed by atoms with Crippen molar-refractivity contribution in [2.75, 3.05) is 64.3 Å². The summed E-state index contributed by atoms with van der Waals surface area (Å²) in [7, 11) is 5.14. The van der Waals surface area contributed by atoms with Gasteiger partial charge in [-0.3, -0.25) is 9.59 Å². The first-order valence-electron chi connectivity index (χ1n) is 13.6. The van der Waals surface area contributed by atoms with Gasteiger partial charge in [0.15, 0.2) is 6.61 Å². The van der Waals surface area contributed by atoms with Crippen LogP contribution < -0.4 is 30.0 Å². The van der Waals surface area contributed by atoms with Crippen molar-refractivity contribution in [2.24, 2.45) is 0 Å². The van der Waals surface area contributed by atoms with Crippen LogP contribution in [0.4, 0.5) is 11.4 Å². The average molecular weight is 592 g/mol. The van der Waals surface area contributed by atoms with E-state index in [2.05, 4.69) is 32.1 Å². The van der Waals surface area contributed by atoms with Crippen LogP contribution in [0.1, 0.15) is 11.1 Å². The fourth-order valence-electron chi connectivity index (χ4n) is 5.16. The fourth-order valence-corrected chi connectivity index (χ4v) is 5.46. The predicted molar refractivity (Wildman–Crippen MR) is 166 cm³/mol. The summed E-state index contributed by atoms with van der Waals surface area (Å²) >= 11 is 6.56. The number of H-pyrrole nitrogens is 1. The molecule has 0 aliphatic carbocycles. The van der Waals surface area contributed by atoms with Crippen LogP contribution in [0, 0.1) is 13.8 Å². The van der Waals surface area contributed by atoms with Gasteiger partial charge in [0.25, 0.3) is 11.5 Å². The number of methoxy groups -OCH3 is 2. The van der Waals surface area contributed by atoms with E-state index in [0.29, 0.717) is 50.2 Å². The highest BCUT2D eigenvalue weighted by atomic mass is 35.5. The molecule has 4 aromatic rings. The second-order valence-electron chi connectivity index (χ2n) is 10.4. The van der Waals surface area contributed by atoms with Crippen molar-refractivity contribution < 1.29 is 19.0 Å². The SMILES string of the molecule is COc1cc(OC)c2c(=O)[nH]c(-c3cc(C)c(OCC(=O)Nc4ccc(N5CCN(C)CC5)c(Cl)c4)c(C)c3)nc2c1. The maximum Gasteiger partial charge on any atom is 0.262 e. The summed E-state index contributed by atoms with van der Waals surface area (Å²) in [6, 6.07) is 12.6. The van der Waals surface area contributed by atoms with E-state index in [1.54, 1.807) is 25.3 Å². The van der Waals surface area contributed by atoms with Crippen molar-refractivity contribution in [2.45, 2.75) is 13.8 Å². The summed E-state index contributed by atoms with van der Waals surface area (Å²) in [4.78, 5) is 37.7. The first kappa shape index (κ1) is 29.2. The summed E-state index contributed by atoms with van der Waals surface area (Å²) in [5.41, 5.74) is 4.00. The Bertz CT molecular complexity index is 1670. The van der Waals surface area contributed by atoms with Gasteiger partial charge in [0, 0.05) is 49.6 Å². The van der Waals surface area contributed by atoms with E-state index < -0.39 is 0 Å². The largest absolute Gasteiger partial charge is 0.497 e. The number of aromatic nitrogens is 2. The molecule has 0 bridgehead atoms. The molecule has 1 aromatic heterocycles. The van der Waals surface area contributed by atoms with E-state index in [4.69, 9.17) is 25.8 Å². The molecule has 0 radical (unpaired) electrons. The van der Waals surface area contributed by atoms with E-state index in [1.807, 2.05) is 38.1 Å². The molecule has 10 nitrogen and oxygen atoms in total. The number of hydrogen-bond acceptors (Lipinski definition) is 8. The number of carbonyl (C=O) groups excluding carboxylic acids is 1. The lowest BCUT2D eigenvalue weighted by molar-refractivity contribution is -0.118. The molecule has 0 spiro atoms. The number of anilines is 2. The number of rotatable bonds is 8. The van der Waals surface area contributed by atoms with Gasteiger partial charge in [-0.15, -0.1) is 0 Å². The highest BCUT2D eigenvalue weighted by molar-refractivity contribution is 6.33. The molecule has 42 heavy (non-hydrogen) atoms. The zero-order valence-corrected chi connectivity index (χ0v) is 25.1. The van der Waals surface area contributed by atoms with Crippen LogP contribution in [0.15, 0.2) is 47.3 Å². The van der Waals surface area contributed by atoms with Gasteiger partial charge in [-0.25, -0.2) is 4.98 Å². The van der Waals surface area contributed by atoms with Crippen molar-refractivity contribution in [1.29, 1.82) is 0 Å². The van der Waals surface area contributed by atoms with Gasteiger partial charge in [-0.05, 0) is 62.4 Å². The third kappa shape index (κ3) is 6.14. The Kier molecular flexibility index (Phi) is 8.56. The molecule has 1 aliphatic rings. The molecular formula is C31H34ClN5O5. The van der Waals surface area contributed by atoms with Gasteiger partial charge in [0.05, 0.1) is 30.4 Å². The van der Waals surface area contributed by atoms with Crippen molar-refractivity contribution in [1.82, 2.24) is 14.9 Å². The van der Waals surface area contributed by atoms with Gasteiger partial charge in [-0.1, -0.05) is 11.6 Å². The molecule has 220 valence electrons. The van der Waals surface area contributed by atoms with Crippen molar-refractivity contribution in [3.05, 3.63) is 69.0 Å². The van der Waals surface area contributed by atoms with Crippen LogP contribution in [0.3, 0.4) is 0 Å². The van der Waals surface area contributed by atoms with Gasteiger partial charge in [0.1, 0.15) is 28.5 Å². The molecule has 0 unspecified atom stereocenters. The summed E-state index contributed by atoms with van der Waals surface area (Å²) in [5.74, 6) is 1.60. The van der Waals surface area contributed by atoms with Crippen molar-refractivity contribution in [3.63, 3.8) is 0 Å². The Morgan fingerprint density at radius 2 is 1.74 bits per heavy atom. The maximum absolute atomic E-state index is 13.0. The number of piperazine rings is 1. The minimum atomic E-state index is -0.321. The first-order chi connectivity index (χ1) is 20.2. The quantitative estimate of drug-likeness (QED) is 0.305. The number of ether oxygens (including phenoxy) is 3. The normalized spacial score (nSPS) is 13.7. The lowest BCUT2D eigenvalue weighted by Crippen LogP contribution is -2.44. The van der Waals surface area contributed by atoms with E-state index in [0.717, 1.165) is 43.0 Å². The minimum absolute atomic E-state index is 0.177. The summed E-state index contributed by atoms with van der Waals surface area (Å²) in [6.07, 6.45) is 0. The molecule has 1 fully saturated rings. The molecule has 0 atom stereocenters. The number of nitrogens with one attached hydrogen (secondary N) is 2. The maximum atomic E-state index is 13.0. The predicted octanol–water partition coefficient (Wildman–Crippen LogP) is 4.65. The standard InChI is InChI=1S/C31H34ClN5O5/c1-18-12-20(30-34-24-15-22(40-4)16-26(41-5)28(24)31(39)35-30)13-19(2)29(18)42-17-27(38)33-21-6-7-25(23(32)14-21)37-10-8-36(3)9-11-37/h6-7,12-16H,8-11,17H2,1-5H3,(H,33,38)(H,34,35,39). The molecule has 1 amide bonds. The number of aromatic amines is 1. The lowest BCUT2D eigenvalue weighted by atomic mass is 10.0. The fraction of sp³-hybridized carbons (Fsp3) is 0.323. The number of amides is 1. The molecule has 5 rings (SSSR count). The van der Waals surface area contributed by atoms with E-state index in [9.17, 15) is 9.59 Å². The van der Waals surface area contributed by atoms with E-state index in [1.165, 1.54) is 7.11 Å². The third-order valence-electron chi connectivity index (χ3n) is 7.36. The number of likely N-dealkylation sites (N-methyl/N-ethyl adjacent to an activating group) is 1. The van der Waals surface area contributed by atoms with Gasteiger partial charge < -0.3 is 34.3 Å². The van der Waals surface area contributed by atoms with Gasteiger partial charge in [0.2, 0.25) is 0 Å². The third-order valence-corrected chi connectivity index (χ3v) is 7.66. The van der Waals surface area contributed by atoms with Crippen LogP contribution in [0.2, 0.25) is 5.02 Å². The number of carbonyl (C=O) groups is 1. The molecule has 3 aromatic carbocycles. The van der Waals surface area contributed by atoms with E-state index >= 15 is 0 Å². The Morgan fingerprint density at radius 1 is 1.02 bits per heavy atom. The number of hydrogen-bond donors (Lipinski definition) is 2. The van der Waals surface area contributed by atoms with Crippen LogP contribution in [0.5, 0.6) is 17.2 Å². The second-order valence-corrected chi connectivity index (χ2v) is 10.8. The van der Waals surface area contributed by atoms with Crippen molar-refractivity contribution >= 4 is 39.8 Å². The number of aryl methyl sites for hydroxylation is 2. The zero-order chi connectivity index (χ0) is 30.0. The Morgan fingerprint density at radius 3 is 2.38 bits per heavy atom. The van der Waals surface area contributed by atoms with E-state index in [-0.39, 0.29) is 18.1 Å². The summed E-state index contributed by atoms with van der Waals surface area (Å²) in [5, 5.41) is 3.80.